The van der Waals surface area contributed by atoms with Crippen LogP contribution in [0, 0.1) is 64.7 Å². The zero-order chi connectivity index (χ0) is 43.7. The van der Waals surface area contributed by atoms with E-state index in [0.29, 0.717) is 40.8 Å². The molecule has 4 N–H and O–H groups in total. The predicted molar refractivity (Wildman–Crippen MR) is 223 cm³/mol. The van der Waals surface area contributed by atoms with Crippen LogP contribution in [0.3, 0.4) is 0 Å². The molecule has 2 amide bonds. The number of aliphatic hydroxyl groups is 2. The summed E-state index contributed by atoms with van der Waals surface area (Å²) in [5, 5.41) is 38.5. The quantitative estimate of drug-likeness (QED) is 0.0803. The molecule has 0 fully saturated rings. The van der Waals surface area contributed by atoms with Gasteiger partial charge in [-0.1, -0.05) is 59.7 Å². The fraction of sp³-hybridized carbons (Fsp3) is 0.304. The molecular formula is C46H46N8O5. The standard InChI is InChI=1S/C23H24N4O3.C23H22N4O2/c1-14-15(2)20(25-5)11-10-18(14)12-19(23(3,4)30)22(29)27-26-21(28)17-8-6-16(13-24)7-9-17;1-14-15(2)20(25-6)12-9-17(14)13-19(23(3,4)28)22-27-26-21(29-22)16-7-10-18(24-5)11-8-16/h6-11,19,30H,12H2,1-4H3,(H,26,28)(H,27,29);7-12,19,28H,13H2,1-4H3/t2*19-/m00/s1. The summed E-state index contributed by atoms with van der Waals surface area (Å²) in [6.45, 7) is 35.7. The first-order valence-corrected chi connectivity index (χ1v) is 18.6. The molecular weight excluding hydrogens is 745 g/mol. The summed E-state index contributed by atoms with van der Waals surface area (Å²) in [4.78, 5) is 35.4. The number of nitrogens with zero attached hydrogens (tertiary/aromatic N) is 6. The van der Waals surface area contributed by atoms with E-state index in [0.717, 1.165) is 38.9 Å². The molecule has 300 valence electrons. The summed E-state index contributed by atoms with van der Waals surface area (Å²) in [6, 6.07) is 22.1. The number of hydrogen-bond acceptors (Lipinski definition) is 8. The second-order valence-electron chi connectivity index (χ2n) is 15.3. The van der Waals surface area contributed by atoms with Crippen LogP contribution in [0.25, 0.3) is 26.0 Å². The summed E-state index contributed by atoms with van der Waals surface area (Å²) in [6.07, 6.45) is 0.750. The van der Waals surface area contributed by atoms with E-state index < -0.39 is 34.9 Å². The molecule has 59 heavy (non-hydrogen) atoms. The van der Waals surface area contributed by atoms with Gasteiger partial charge < -0.3 is 14.6 Å². The van der Waals surface area contributed by atoms with E-state index in [1.165, 1.54) is 38.1 Å². The zero-order valence-electron chi connectivity index (χ0n) is 34.3. The number of nitriles is 1. The molecule has 5 rings (SSSR count). The van der Waals surface area contributed by atoms with Crippen molar-refractivity contribution in [2.45, 2.75) is 85.4 Å². The Morgan fingerprint density at radius 3 is 1.75 bits per heavy atom. The van der Waals surface area contributed by atoms with Gasteiger partial charge in [-0.15, -0.1) is 10.2 Å². The fourth-order valence-electron chi connectivity index (χ4n) is 6.30. The van der Waals surface area contributed by atoms with E-state index in [-0.39, 0.29) is 12.0 Å². The van der Waals surface area contributed by atoms with Crippen molar-refractivity contribution < 1.29 is 24.2 Å². The van der Waals surface area contributed by atoms with Gasteiger partial charge in [0.2, 0.25) is 17.7 Å². The predicted octanol–water partition coefficient (Wildman–Crippen LogP) is 8.67. The number of hydrogen-bond donors (Lipinski definition) is 4. The van der Waals surface area contributed by atoms with E-state index in [2.05, 4.69) is 35.6 Å². The first-order valence-electron chi connectivity index (χ1n) is 18.6. The van der Waals surface area contributed by atoms with E-state index in [4.69, 9.17) is 29.4 Å². The number of carbonyl (C=O) groups is 2. The lowest BCUT2D eigenvalue weighted by Crippen LogP contribution is -2.50. The Morgan fingerprint density at radius 2 is 1.27 bits per heavy atom. The number of aromatic nitrogens is 2. The maximum Gasteiger partial charge on any atom is 0.269 e. The summed E-state index contributed by atoms with van der Waals surface area (Å²) in [5.41, 5.74) is 11.0. The highest BCUT2D eigenvalue weighted by Gasteiger charge is 2.35. The molecule has 13 heteroatoms. The van der Waals surface area contributed by atoms with Gasteiger partial charge in [-0.05, 0) is 115 Å². The summed E-state index contributed by atoms with van der Waals surface area (Å²) < 4.78 is 5.91. The van der Waals surface area contributed by atoms with Crippen LogP contribution in [0.4, 0.5) is 17.1 Å². The SMILES string of the molecule is [C-]#[N+]c1ccc(-c2nnc([C@H](Cc3ccc([N+]#[C-])c(C)c3C)C(C)(C)O)o2)cc1.[C-]#[N+]c1ccc(C[C@@H](C(=O)NNC(=O)c2ccc(C#N)cc2)C(C)(C)O)c(C)c1C. The van der Waals surface area contributed by atoms with Crippen molar-refractivity contribution in [1.29, 1.82) is 5.26 Å². The average Bonchev–Trinajstić information content (AvgIpc) is 3.70. The third kappa shape index (κ3) is 11.0. The summed E-state index contributed by atoms with van der Waals surface area (Å²) in [5.74, 6) is -1.61. The van der Waals surface area contributed by atoms with Gasteiger partial charge in [0, 0.05) is 11.1 Å². The van der Waals surface area contributed by atoms with Crippen molar-refractivity contribution in [2.75, 3.05) is 0 Å². The Balaban J connectivity index is 0.000000261. The number of rotatable bonds is 10. The number of hydrazine groups is 1. The average molecular weight is 791 g/mol. The van der Waals surface area contributed by atoms with Gasteiger partial charge in [-0.3, -0.25) is 20.4 Å². The first kappa shape index (κ1) is 44.6. The van der Waals surface area contributed by atoms with Gasteiger partial charge in [0.15, 0.2) is 17.1 Å². The van der Waals surface area contributed by atoms with Gasteiger partial charge in [0.1, 0.15) is 0 Å². The monoisotopic (exact) mass is 790 g/mol. The summed E-state index contributed by atoms with van der Waals surface area (Å²) >= 11 is 0. The maximum absolute atomic E-state index is 12.8. The van der Waals surface area contributed by atoms with Crippen LogP contribution in [0.1, 0.15) is 88.8 Å². The molecule has 0 bridgehead atoms. The lowest BCUT2D eigenvalue weighted by Gasteiger charge is -2.29. The third-order valence-electron chi connectivity index (χ3n) is 10.4. The van der Waals surface area contributed by atoms with Crippen molar-refractivity contribution in [1.82, 2.24) is 21.0 Å². The van der Waals surface area contributed by atoms with Gasteiger partial charge in [0.25, 0.3) is 5.91 Å². The molecule has 0 aliphatic rings. The minimum atomic E-state index is -1.35. The molecule has 1 aromatic heterocycles. The Hall–Kier alpha value is -7.16. The largest absolute Gasteiger partial charge is 0.420 e. The van der Waals surface area contributed by atoms with Crippen LogP contribution in [0.5, 0.6) is 0 Å². The smallest absolute Gasteiger partial charge is 0.269 e. The lowest BCUT2D eigenvalue weighted by molar-refractivity contribution is -0.133. The second-order valence-corrected chi connectivity index (χ2v) is 15.3. The van der Waals surface area contributed by atoms with Crippen molar-refractivity contribution in [2.24, 2.45) is 5.92 Å². The Bertz CT molecular complexity index is 2500. The van der Waals surface area contributed by atoms with E-state index in [9.17, 15) is 19.8 Å². The highest BCUT2D eigenvalue weighted by molar-refractivity contribution is 5.95. The van der Waals surface area contributed by atoms with Crippen LogP contribution in [-0.2, 0) is 17.6 Å². The molecule has 0 saturated heterocycles. The molecule has 2 atom stereocenters. The van der Waals surface area contributed by atoms with Crippen molar-refractivity contribution in [3.63, 3.8) is 0 Å². The molecule has 1 heterocycles. The Kier molecular flexibility index (Phi) is 14.2. The summed E-state index contributed by atoms with van der Waals surface area (Å²) in [7, 11) is 0. The van der Waals surface area contributed by atoms with E-state index >= 15 is 0 Å². The Labute approximate surface area is 344 Å². The van der Waals surface area contributed by atoms with Crippen LogP contribution in [0.2, 0.25) is 0 Å². The molecule has 0 aliphatic heterocycles. The molecule has 13 nitrogen and oxygen atoms in total. The van der Waals surface area contributed by atoms with Gasteiger partial charge in [-0.25, -0.2) is 14.5 Å². The van der Waals surface area contributed by atoms with E-state index in [1.54, 1.807) is 50.2 Å². The molecule has 5 aromatic rings. The zero-order valence-corrected chi connectivity index (χ0v) is 34.3. The Morgan fingerprint density at radius 1 is 0.729 bits per heavy atom. The highest BCUT2D eigenvalue weighted by atomic mass is 16.4. The lowest BCUT2D eigenvalue weighted by atomic mass is 9.83. The molecule has 0 unspecified atom stereocenters. The normalized spacial score (nSPS) is 12.0. The molecule has 0 radical (unpaired) electrons. The van der Waals surface area contributed by atoms with Crippen LogP contribution < -0.4 is 10.9 Å². The van der Waals surface area contributed by atoms with E-state index in [1.807, 2.05) is 45.9 Å². The number of nitrogens with one attached hydrogen (secondary N) is 2. The van der Waals surface area contributed by atoms with Crippen molar-refractivity contribution >= 4 is 28.9 Å². The third-order valence-corrected chi connectivity index (χ3v) is 10.4. The molecule has 0 saturated carbocycles. The highest BCUT2D eigenvalue weighted by Crippen LogP contribution is 2.35. The minimum Gasteiger partial charge on any atom is -0.420 e. The van der Waals surface area contributed by atoms with Gasteiger partial charge in [-0.2, -0.15) is 5.26 Å². The van der Waals surface area contributed by atoms with Crippen LogP contribution >= 0.6 is 0 Å². The minimum absolute atomic E-state index is 0.243. The fourth-order valence-corrected chi connectivity index (χ4v) is 6.30. The van der Waals surface area contributed by atoms with Crippen molar-refractivity contribution in [3.05, 3.63) is 157 Å². The number of benzene rings is 4. The second kappa shape index (κ2) is 18.9. The van der Waals surface area contributed by atoms with Gasteiger partial charge >= 0.3 is 0 Å². The molecule has 0 spiro atoms. The topological polar surface area (TPSA) is 174 Å². The first-order chi connectivity index (χ1) is 27.8. The number of amides is 2. The molecule has 4 aromatic carbocycles. The van der Waals surface area contributed by atoms with Crippen LogP contribution in [-0.4, -0.2) is 43.4 Å². The van der Waals surface area contributed by atoms with Crippen molar-refractivity contribution in [3.8, 4) is 17.5 Å². The number of carbonyl (C=O) groups excluding carboxylic acids is 2. The van der Waals surface area contributed by atoms with Gasteiger partial charge in [0.05, 0.1) is 54.4 Å². The maximum atomic E-state index is 12.8. The molecule has 0 aliphatic carbocycles. The van der Waals surface area contributed by atoms with Crippen LogP contribution in [0.15, 0.2) is 77.2 Å².